The molecule has 1 heterocycles. The van der Waals surface area contributed by atoms with Gasteiger partial charge < -0.3 is 5.32 Å². The molecule has 5 rings (SSSR count). The van der Waals surface area contributed by atoms with Crippen LogP contribution in [0.25, 0.3) is 0 Å². The van der Waals surface area contributed by atoms with Crippen molar-refractivity contribution in [1.29, 1.82) is 0 Å². The van der Waals surface area contributed by atoms with Crippen LogP contribution >= 0.6 is 0 Å². The van der Waals surface area contributed by atoms with Crippen molar-refractivity contribution in [2.24, 2.45) is 5.41 Å². The summed E-state index contributed by atoms with van der Waals surface area (Å²) in [6, 6.07) is 21.7. The van der Waals surface area contributed by atoms with Gasteiger partial charge in [-0.15, -0.1) is 0 Å². The molecule has 0 spiro atoms. The van der Waals surface area contributed by atoms with Gasteiger partial charge in [0.25, 0.3) is 11.6 Å². The molecule has 0 saturated carbocycles. The predicted molar refractivity (Wildman–Crippen MR) is 134 cm³/mol. The Kier molecular flexibility index (Phi) is 5.47. The summed E-state index contributed by atoms with van der Waals surface area (Å²) in [6.07, 6.45) is 0.934. The maximum atomic E-state index is 14.1. The van der Waals surface area contributed by atoms with E-state index >= 15 is 0 Å². The lowest BCUT2D eigenvalue weighted by atomic mass is 9.73. The molecule has 3 aromatic rings. The number of benzene rings is 3. The van der Waals surface area contributed by atoms with E-state index in [4.69, 9.17) is 0 Å². The second-order valence-corrected chi connectivity index (χ2v) is 9.77. The summed E-state index contributed by atoms with van der Waals surface area (Å²) in [4.78, 5) is 40.5. The number of carbonyl (C=O) groups is 2. The van der Waals surface area contributed by atoms with Crippen molar-refractivity contribution >= 4 is 28.8 Å². The number of ketones is 1. The Hall–Kier alpha value is -4.26. The molecule has 7 heteroatoms. The lowest BCUT2D eigenvalue weighted by molar-refractivity contribution is -0.384. The van der Waals surface area contributed by atoms with Crippen molar-refractivity contribution in [2.75, 3.05) is 10.2 Å². The molecule has 1 amide bonds. The Morgan fingerprint density at radius 3 is 2.46 bits per heavy atom. The molecule has 7 nitrogen and oxygen atoms in total. The number of allylic oxidation sites excluding steroid dienone is 1. The van der Waals surface area contributed by atoms with Crippen LogP contribution in [0.5, 0.6) is 0 Å². The fourth-order valence-electron chi connectivity index (χ4n) is 5.05. The minimum atomic E-state index is -0.822. The second kappa shape index (κ2) is 8.51. The molecule has 1 aliphatic heterocycles. The predicted octanol–water partition coefficient (Wildman–Crippen LogP) is 6.05. The minimum absolute atomic E-state index is 0.0704. The Balaban J connectivity index is 1.81. The zero-order valence-electron chi connectivity index (χ0n) is 19.5. The molecule has 0 fully saturated rings. The van der Waals surface area contributed by atoms with Crippen molar-refractivity contribution in [3.8, 4) is 0 Å². The van der Waals surface area contributed by atoms with Crippen LogP contribution < -0.4 is 10.2 Å². The number of nitro benzene ring substituents is 1. The summed E-state index contributed by atoms with van der Waals surface area (Å²) in [7, 11) is 0. The van der Waals surface area contributed by atoms with Crippen molar-refractivity contribution in [3.05, 3.63) is 111 Å². The van der Waals surface area contributed by atoms with Crippen molar-refractivity contribution in [2.45, 2.75) is 32.7 Å². The largest absolute Gasteiger partial charge is 0.357 e. The van der Waals surface area contributed by atoms with E-state index in [1.165, 1.54) is 12.1 Å². The minimum Gasteiger partial charge on any atom is -0.357 e. The van der Waals surface area contributed by atoms with Gasteiger partial charge in [0, 0.05) is 35.4 Å². The number of carbonyl (C=O) groups excluding carboxylic acids is 2. The zero-order chi connectivity index (χ0) is 24.7. The van der Waals surface area contributed by atoms with Gasteiger partial charge in [-0.2, -0.15) is 0 Å². The number of rotatable bonds is 3. The molecule has 1 atom stereocenters. The van der Waals surface area contributed by atoms with Crippen LogP contribution in [0.1, 0.15) is 48.7 Å². The number of Topliss-reactive ketones (excluding diaryl/α,β-unsaturated/α-hetero) is 1. The fraction of sp³-hybridized carbons (Fsp3) is 0.214. The maximum Gasteiger partial charge on any atom is 0.269 e. The summed E-state index contributed by atoms with van der Waals surface area (Å²) in [6.45, 7) is 4.09. The number of hydrogen-bond acceptors (Lipinski definition) is 5. The monoisotopic (exact) mass is 467 g/mol. The van der Waals surface area contributed by atoms with E-state index in [9.17, 15) is 19.7 Å². The zero-order valence-corrected chi connectivity index (χ0v) is 19.5. The van der Waals surface area contributed by atoms with Crippen LogP contribution in [-0.4, -0.2) is 16.6 Å². The normalized spacial score (nSPS) is 18.7. The fourth-order valence-corrected chi connectivity index (χ4v) is 5.05. The van der Waals surface area contributed by atoms with E-state index in [-0.39, 0.29) is 22.8 Å². The van der Waals surface area contributed by atoms with E-state index in [0.717, 1.165) is 5.70 Å². The number of hydrogen-bond donors (Lipinski definition) is 1. The van der Waals surface area contributed by atoms with Gasteiger partial charge in [0.05, 0.1) is 22.3 Å². The summed E-state index contributed by atoms with van der Waals surface area (Å²) >= 11 is 0. The lowest BCUT2D eigenvalue weighted by Gasteiger charge is -2.37. The van der Waals surface area contributed by atoms with E-state index in [1.54, 1.807) is 41.3 Å². The second-order valence-electron chi connectivity index (χ2n) is 9.77. The van der Waals surface area contributed by atoms with Gasteiger partial charge in [-0.05, 0) is 41.7 Å². The molecule has 176 valence electrons. The first-order valence-corrected chi connectivity index (χ1v) is 11.5. The van der Waals surface area contributed by atoms with E-state index in [0.29, 0.717) is 40.9 Å². The van der Waals surface area contributed by atoms with Crippen LogP contribution in [0.3, 0.4) is 0 Å². The molecule has 0 radical (unpaired) electrons. The first-order chi connectivity index (χ1) is 16.7. The first-order valence-electron chi connectivity index (χ1n) is 11.5. The molecule has 35 heavy (non-hydrogen) atoms. The Morgan fingerprint density at radius 2 is 1.71 bits per heavy atom. The average molecular weight is 468 g/mol. The third-order valence-electron chi connectivity index (χ3n) is 6.54. The molecular weight excluding hydrogens is 442 g/mol. The SMILES string of the molecule is CC1(C)CC(=O)C2=C(C1)Nc1ccccc1N(C(=O)c1ccccc1)[C@@H]2c1cccc([N+](=O)[O-])c1. The van der Waals surface area contributed by atoms with Gasteiger partial charge in [0.1, 0.15) is 0 Å². The highest BCUT2D eigenvalue weighted by molar-refractivity contribution is 6.12. The van der Waals surface area contributed by atoms with E-state index in [2.05, 4.69) is 5.32 Å². The topological polar surface area (TPSA) is 92.6 Å². The number of amides is 1. The third-order valence-corrected chi connectivity index (χ3v) is 6.54. The van der Waals surface area contributed by atoms with Crippen LogP contribution in [0.2, 0.25) is 0 Å². The smallest absolute Gasteiger partial charge is 0.269 e. The van der Waals surface area contributed by atoms with Gasteiger partial charge in [-0.1, -0.05) is 56.3 Å². The molecule has 0 bridgehead atoms. The van der Waals surface area contributed by atoms with Gasteiger partial charge >= 0.3 is 0 Å². The standard InChI is InChI=1S/C28H25N3O4/c1-28(2)16-22-25(24(32)17-28)26(19-11-8-12-20(15-19)31(34)35)30(23-14-7-6-13-21(23)29-22)27(33)18-9-4-3-5-10-18/h3-15,26,29H,16-17H2,1-2H3/t26-/m1/s1. The van der Waals surface area contributed by atoms with Gasteiger partial charge in [0.2, 0.25) is 0 Å². The highest BCUT2D eigenvalue weighted by Crippen LogP contribution is 2.48. The maximum absolute atomic E-state index is 14.1. The third kappa shape index (κ3) is 4.10. The molecular formula is C28H25N3O4. The van der Waals surface area contributed by atoms with Crippen LogP contribution in [0, 0.1) is 15.5 Å². The Morgan fingerprint density at radius 1 is 1.00 bits per heavy atom. The van der Waals surface area contributed by atoms with Gasteiger partial charge in [0.15, 0.2) is 5.78 Å². The number of anilines is 2. The number of fused-ring (bicyclic) bond motifs is 1. The highest BCUT2D eigenvalue weighted by atomic mass is 16.6. The molecule has 0 saturated heterocycles. The number of non-ortho nitro benzene ring substituents is 1. The van der Waals surface area contributed by atoms with E-state index in [1.807, 2.05) is 44.2 Å². The molecule has 1 N–H and O–H groups in total. The molecule has 3 aromatic carbocycles. The van der Waals surface area contributed by atoms with Crippen LogP contribution in [0.4, 0.5) is 17.1 Å². The quantitative estimate of drug-likeness (QED) is 0.374. The summed E-state index contributed by atoms with van der Waals surface area (Å²) in [5, 5.41) is 15.1. The summed E-state index contributed by atoms with van der Waals surface area (Å²) in [5.41, 5.74) is 3.17. The lowest BCUT2D eigenvalue weighted by Crippen LogP contribution is -2.39. The van der Waals surface area contributed by atoms with Gasteiger partial charge in [-0.25, -0.2) is 0 Å². The van der Waals surface area contributed by atoms with E-state index < -0.39 is 11.0 Å². The number of nitro groups is 1. The van der Waals surface area contributed by atoms with Crippen LogP contribution in [-0.2, 0) is 4.79 Å². The highest BCUT2D eigenvalue weighted by Gasteiger charge is 2.43. The first kappa shape index (κ1) is 22.5. The number of nitrogens with zero attached hydrogens (tertiary/aromatic N) is 2. The van der Waals surface area contributed by atoms with Crippen molar-refractivity contribution < 1.29 is 14.5 Å². The molecule has 0 unspecified atom stereocenters. The number of para-hydroxylation sites is 2. The van der Waals surface area contributed by atoms with Crippen molar-refractivity contribution in [3.63, 3.8) is 0 Å². The number of nitrogens with one attached hydrogen (secondary N) is 1. The molecule has 0 aromatic heterocycles. The van der Waals surface area contributed by atoms with Gasteiger partial charge in [-0.3, -0.25) is 24.6 Å². The Bertz CT molecular complexity index is 1380. The summed E-state index contributed by atoms with van der Waals surface area (Å²) < 4.78 is 0. The Labute approximate surface area is 203 Å². The van der Waals surface area contributed by atoms with Crippen molar-refractivity contribution in [1.82, 2.24) is 0 Å². The average Bonchev–Trinajstić information content (AvgIpc) is 2.97. The molecule has 1 aliphatic carbocycles. The molecule has 2 aliphatic rings. The van der Waals surface area contributed by atoms with Crippen LogP contribution in [0.15, 0.2) is 90.1 Å². The summed E-state index contributed by atoms with van der Waals surface area (Å²) in [5.74, 6) is -0.360.